The largest absolute Gasteiger partial charge is 0.508 e. The van der Waals surface area contributed by atoms with Crippen LogP contribution in [0.1, 0.15) is 51.5 Å². The van der Waals surface area contributed by atoms with Gasteiger partial charge in [-0.05, 0) is 69.1 Å². The summed E-state index contributed by atoms with van der Waals surface area (Å²) in [6.07, 6.45) is 6.47. The second-order valence-electron chi connectivity index (χ2n) is 6.97. The van der Waals surface area contributed by atoms with Crippen molar-refractivity contribution in [3.05, 3.63) is 29.8 Å². The molecule has 2 rings (SSSR count). The van der Waals surface area contributed by atoms with Crippen molar-refractivity contribution in [1.29, 1.82) is 0 Å². The summed E-state index contributed by atoms with van der Waals surface area (Å²) in [5.74, 6) is 1.74. The van der Waals surface area contributed by atoms with Crippen LogP contribution in [-0.2, 0) is 16.3 Å². The quantitative estimate of drug-likeness (QED) is 0.862. The molecule has 22 heavy (non-hydrogen) atoms. The van der Waals surface area contributed by atoms with Crippen LogP contribution in [0, 0.1) is 11.8 Å². The molecule has 0 unspecified atom stereocenters. The van der Waals surface area contributed by atoms with E-state index in [0.717, 1.165) is 38.5 Å². The van der Waals surface area contributed by atoms with Crippen LogP contribution in [0.3, 0.4) is 0 Å². The Balaban J connectivity index is 1.76. The number of sulfone groups is 1. The summed E-state index contributed by atoms with van der Waals surface area (Å²) in [6, 6.07) is 7.48. The molecule has 0 aliphatic heterocycles. The maximum absolute atomic E-state index is 12.0. The third-order valence-corrected chi connectivity index (χ3v) is 7.28. The van der Waals surface area contributed by atoms with E-state index < -0.39 is 9.84 Å². The lowest BCUT2D eigenvalue weighted by Crippen LogP contribution is -2.26. The third kappa shape index (κ3) is 5.01. The fourth-order valence-electron chi connectivity index (χ4n) is 3.29. The molecule has 1 N–H and O–H groups in total. The van der Waals surface area contributed by atoms with Crippen molar-refractivity contribution in [1.82, 2.24) is 0 Å². The van der Waals surface area contributed by atoms with Gasteiger partial charge in [-0.1, -0.05) is 25.0 Å². The number of benzene rings is 1. The van der Waals surface area contributed by atoms with Crippen LogP contribution in [0.25, 0.3) is 0 Å². The normalized spacial score (nSPS) is 22.9. The van der Waals surface area contributed by atoms with Crippen LogP contribution in [0.5, 0.6) is 5.75 Å². The summed E-state index contributed by atoms with van der Waals surface area (Å²) < 4.78 is 24.0. The fourth-order valence-corrected chi connectivity index (χ4v) is 4.67. The highest BCUT2D eigenvalue weighted by molar-refractivity contribution is 7.91. The van der Waals surface area contributed by atoms with Gasteiger partial charge in [-0.25, -0.2) is 8.42 Å². The van der Waals surface area contributed by atoms with Gasteiger partial charge in [0.1, 0.15) is 5.75 Å². The zero-order valence-corrected chi connectivity index (χ0v) is 14.5. The van der Waals surface area contributed by atoms with Crippen LogP contribution in [0.2, 0.25) is 0 Å². The Morgan fingerprint density at radius 1 is 1.14 bits per heavy atom. The average Bonchev–Trinajstić information content (AvgIpc) is 2.46. The number of hydrogen-bond acceptors (Lipinski definition) is 3. The predicted octanol–water partition coefficient (Wildman–Crippen LogP) is 3.95. The number of rotatable bonds is 6. The van der Waals surface area contributed by atoms with Crippen molar-refractivity contribution >= 4 is 9.84 Å². The van der Waals surface area contributed by atoms with Crippen LogP contribution in [0.4, 0.5) is 0 Å². The van der Waals surface area contributed by atoms with Crippen LogP contribution in [-0.4, -0.2) is 24.5 Å². The second kappa shape index (κ2) is 7.49. The molecule has 0 saturated heterocycles. The first-order valence-electron chi connectivity index (χ1n) is 8.36. The maximum atomic E-state index is 12.0. The minimum atomic E-state index is -2.90. The average molecular weight is 324 g/mol. The lowest BCUT2D eigenvalue weighted by Gasteiger charge is -2.28. The van der Waals surface area contributed by atoms with Crippen molar-refractivity contribution in [2.45, 2.75) is 57.6 Å². The van der Waals surface area contributed by atoms with Gasteiger partial charge >= 0.3 is 0 Å². The van der Waals surface area contributed by atoms with E-state index in [2.05, 4.69) is 6.07 Å². The molecule has 4 heteroatoms. The van der Waals surface area contributed by atoms with Crippen molar-refractivity contribution in [3.8, 4) is 5.75 Å². The second-order valence-corrected chi connectivity index (χ2v) is 9.58. The van der Waals surface area contributed by atoms with E-state index in [1.165, 1.54) is 5.56 Å². The molecule has 0 heterocycles. The minimum absolute atomic E-state index is 0.254. The van der Waals surface area contributed by atoms with Gasteiger partial charge in [-0.15, -0.1) is 0 Å². The molecule has 124 valence electrons. The van der Waals surface area contributed by atoms with Gasteiger partial charge in [0.15, 0.2) is 9.84 Å². The molecule has 0 amide bonds. The molecule has 0 bridgehead atoms. The molecular weight excluding hydrogens is 296 g/mol. The molecule has 3 nitrogen and oxygen atoms in total. The molecule has 1 fully saturated rings. The highest BCUT2D eigenvalue weighted by Crippen LogP contribution is 2.33. The van der Waals surface area contributed by atoms with E-state index in [4.69, 9.17) is 0 Å². The summed E-state index contributed by atoms with van der Waals surface area (Å²) in [5.41, 5.74) is 1.18. The Labute approximate surface area is 134 Å². The lowest BCUT2D eigenvalue weighted by molar-refractivity contribution is 0.278. The number of aryl methyl sites for hydroxylation is 1. The zero-order valence-electron chi connectivity index (χ0n) is 13.7. The van der Waals surface area contributed by atoms with Gasteiger partial charge in [0, 0.05) is 0 Å². The van der Waals surface area contributed by atoms with Crippen molar-refractivity contribution in [2.75, 3.05) is 5.75 Å². The molecule has 0 spiro atoms. The van der Waals surface area contributed by atoms with E-state index in [-0.39, 0.29) is 5.25 Å². The Hall–Kier alpha value is -1.03. The minimum Gasteiger partial charge on any atom is -0.508 e. The molecule has 1 aromatic carbocycles. The summed E-state index contributed by atoms with van der Waals surface area (Å²) >= 11 is 0. The molecule has 1 saturated carbocycles. The van der Waals surface area contributed by atoms with Gasteiger partial charge in [-0.2, -0.15) is 0 Å². The standard InChI is InChI=1S/C18H28O3S/c1-14(2)22(20,21)13-17-10-7-15(8-11-17)6-9-16-4-3-5-18(19)12-16/h3-5,12,14-15,17,19H,6-11,13H2,1-2H3. The van der Waals surface area contributed by atoms with Gasteiger partial charge in [0.2, 0.25) is 0 Å². The van der Waals surface area contributed by atoms with Gasteiger partial charge in [0.05, 0.1) is 11.0 Å². The summed E-state index contributed by atoms with van der Waals surface area (Å²) in [4.78, 5) is 0. The summed E-state index contributed by atoms with van der Waals surface area (Å²) in [6.45, 7) is 3.55. The van der Waals surface area contributed by atoms with Crippen molar-refractivity contribution in [3.63, 3.8) is 0 Å². The SMILES string of the molecule is CC(C)S(=O)(=O)CC1CCC(CCc2cccc(O)c2)CC1. The lowest BCUT2D eigenvalue weighted by atomic mass is 9.80. The molecule has 0 aromatic heterocycles. The molecule has 1 aliphatic rings. The smallest absolute Gasteiger partial charge is 0.152 e. The molecule has 1 aromatic rings. The van der Waals surface area contributed by atoms with E-state index in [1.807, 2.05) is 12.1 Å². The number of hydrogen-bond donors (Lipinski definition) is 1. The van der Waals surface area contributed by atoms with Gasteiger partial charge in [-0.3, -0.25) is 0 Å². The Bertz CT molecular complexity index is 570. The molecule has 0 atom stereocenters. The fraction of sp³-hybridized carbons (Fsp3) is 0.667. The van der Waals surface area contributed by atoms with E-state index in [0.29, 0.717) is 23.3 Å². The molecule has 0 radical (unpaired) electrons. The maximum Gasteiger partial charge on any atom is 0.152 e. The third-order valence-electron chi connectivity index (χ3n) is 4.90. The first kappa shape index (κ1) is 17.3. The first-order valence-corrected chi connectivity index (χ1v) is 10.1. The van der Waals surface area contributed by atoms with E-state index >= 15 is 0 Å². The molecule has 1 aliphatic carbocycles. The monoisotopic (exact) mass is 324 g/mol. The zero-order chi connectivity index (χ0) is 16.2. The van der Waals surface area contributed by atoms with Crippen LogP contribution in [0.15, 0.2) is 24.3 Å². The van der Waals surface area contributed by atoms with Gasteiger partial charge in [0.25, 0.3) is 0 Å². The summed E-state index contributed by atoms with van der Waals surface area (Å²) in [7, 11) is -2.90. The highest BCUT2D eigenvalue weighted by atomic mass is 32.2. The Morgan fingerprint density at radius 3 is 2.36 bits per heavy atom. The summed E-state index contributed by atoms with van der Waals surface area (Å²) in [5, 5.41) is 9.23. The van der Waals surface area contributed by atoms with Crippen molar-refractivity contribution in [2.24, 2.45) is 11.8 Å². The van der Waals surface area contributed by atoms with E-state index in [9.17, 15) is 13.5 Å². The van der Waals surface area contributed by atoms with E-state index in [1.54, 1.807) is 19.9 Å². The van der Waals surface area contributed by atoms with Gasteiger partial charge < -0.3 is 5.11 Å². The number of phenolic OH excluding ortho intramolecular Hbond substituents is 1. The number of phenols is 1. The predicted molar refractivity (Wildman–Crippen MR) is 90.8 cm³/mol. The Morgan fingerprint density at radius 2 is 1.77 bits per heavy atom. The van der Waals surface area contributed by atoms with Crippen LogP contribution >= 0.6 is 0 Å². The Kier molecular flexibility index (Phi) is 5.90. The van der Waals surface area contributed by atoms with Crippen LogP contribution < -0.4 is 0 Å². The molecular formula is C18H28O3S. The number of aromatic hydroxyl groups is 1. The highest BCUT2D eigenvalue weighted by Gasteiger charge is 2.27. The topological polar surface area (TPSA) is 54.4 Å². The first-order chi connectivity index (χ1) is 10.4. The van der Waals surface area contributed by atoms with Crippen molar-refractivity contribution < 1.29 is 13.5 Å².